The predicted octanol–water partition coefficient (Wildman–Crippen LogP) is -0.377. The van der Waals surface area contributed by atoms with Crippen molar-refractivity contribution in [2.24, 2.45) is 11.7 Å². The number of piperidine rings is 1. The van der Waals surface area contributed by atoms with Gasteiger partial charge in [-0.1, -0.05) is 13.8 Å². The lowest BCUT2D eigenvalue weighted by atomic mass is 10.0. The third-order valence-corrected chi connectivity index (χ3v) is 3.24. The van der Waals surface area contributed by atoms with Crippen LogP contribution in [0, 0.1) is 5.92 Å². The molecule has 0 saturated carbocycles. The smallest absolute Gasteiger partial charge is 0.246 e. The molecule has 2 unspecified atom stereocenters. The maximum atomic E-state index is 11.7. The van der Waals surface area contributed by atoms with Crippen LogP contribution in [0.1, 0.15) is 33.6 Å². The average molecular weight is 255 g/mol. The van der Waals surface area contributed by atoms with Crippen molar-refractivity contribution in [3.8, 4) is 0 Å². The van der Waals surface area contributed by atoms with E-state index in [0.29, 0.717) is 12.3 Å². The number of hydrogen-bond acceptors (Lipinski definition) is 4. The van der Waals surface area contributed by atoms with Gasteiger partial charge in [-0.3, -0.25) is 19.3 Å². The quantitative estimate of drug-likeness (QED) is 0.670. The van der Waals surface area contributed by atoms with Crippen molar-refractivity contribution in [3.05, 3.63) is 0 Å². The molecule has 0 spiro atoms. The monoisotopic (exact) mass is 255 g/mol. The van der Waals surface area contributed by atoms with Crippen LogP contribution in [0.25, 0.3) is 0 Å². The summed E-state index contributed by atoms with van der Waals surface area (Å²) < 4.78 is 0. The van der Waals surface area contributed by atoms with Gasteiger partial charge in [-0.2, -0.15) is 0 Å². The van der Waals surface area contributed by atoms with Crippen molar-refractivity contribution in [1.29, 1.82) is 0 Å². The van der Waals surface area contributed by atoms with Gasteiger partial charge in [-0.25, -0.2) is 0 Å². The van der Waals surface area contributed by atoms with Crippen LogP contribution in [-0.4, -0.2) is 41.2 Å². The van der Waals surface area contributed by atoms with E-state index < -0.39 is 11.9 Å². The van der Waals surface area contributed by atoms with Gasteiger partial charge in [0.1, 0.15) is 6.54 Å². The van der Waals surface area contributed by atoms with E-state index in [1.54, 1.807) is 0 Å². The van der Waals surface area contributed by atoms with Gasteiger partial charge >= 0.3 is 0 Å². The number of nitrogens with zero attached hydrogens (tertiary/aromatic N) is 1. The molecule has 1 aliphatic rings. The van der Waals surface area contributed by atoms with Crippen LogP contribution in [0.5, 0.6) is 0 Å². The van der Waals surface area contributed by atoms with Crippen LogP contribution in [0.4, 0.5) is 0 Å². The first-order valence-electron chi connectivity index (χ1n) is 6.22. The Labute approximate surface area is 107 Å². The largest absolute Gasteiger partial charge is 0.352 e. The minimum atomic E-state index is -0.668. The zero-order chi connectivity index (χ0) is 13.9. The summed E-state index contributed by atoms with van der Waals surface area (Å²) in [6.45, 7) is 5.62. The van der Waals surface area contributed by atoms with Gasteiger partial charge in [0, 0.05) is 12.5 Å². The predicted molar refractivity (Wildman–Crippen MR) is 66.4 cm³/mol. The molecular formula is C12H21N3O3. The first-order chi connectivity index (χ1) is 8.32. The fourth-order valence-electron chi connectivity index (χ4n) is 1.64. The number of carbonyl (C=O) groups is 3. The molecule has 1 heterocycles. The van der Waals surface area contributed by atoms with E-state index in [0.717, 1.165) is 4.90 Å². The third kappa shape index (κ3) is 3.53. The minimum absolute atomic E-state index is 0.00108. The Hall–Kier alpha value is -1.43. The van der Waals surface area contributed by atoms with Crippen LogP contribution in [0.15, 0.2) is 0 Å². The summed E-state index contributed by atoms with van der Waals surface area (Å²) in [5.41, 5.74) is 5.58. The van der Waals surface area contributed by atoms with Crippen molar-refractivity contribution < 1.29 is 14.4 Å². The summed E-state index contributed by atoms with van der Waals surface area (Å²) in [6, 6.07) is -0.667. The first kappa shape index (κ1) is 14.6. The molecule has 3 N–H and O–H groups in total. The van der Waals surface area contributed by atoms with Gasteiger partial charge < -0.3 is 11.1 Å². The van der Waals surface area contributed by atoms with E-state index in [1.807, 2.05) is 20.8 Å². The summed E-state index contributed by atoms with van der Waals surface area (Å²) >= 11 is 0. The minimum Gasteiger partial charge on any atom is -0.352 e. The Bertz CT molecular complexity index is 354. The van der Waals surface area contributed by atoms with Crippen LogP contribution in [0.3, 0.4) is 0 Å². The Balaban J connectivity index is 2.57. The number of hydrogen-bond donors (Lipinski definition) is 2. The summed E-state index contributed by atoms with van der Waals surface area (Å²) in [6.07, 6.45) is 0.581. The third-order valence-electron chi connectivity index (χ3n) is 3.24. The molecule has 2 atom stereocenters. The molecule has 1 aliphatic heterocycles. The highest BCUT2D eigenvalue weighted by Gasteiger charge is 2.33. The highest BCUT2D eigenvalue weighted by Crippen LogP contribution is 2.11. The summed E-state index contributed by atoms with van der Waals surface area (Å²) in [4.78, 5) is 35.9. The van der Waals surface area contributed by atoms with Crippen molar-refractivity contribution in [2.45, 2.75) is 45.7 Å². The standard InChI is InChI=1S/C12H21N3O3/c1-7(2)8(3)14-10(16)6-15-11(17)5-4-9(13)12(15)18/h7-9H,4-6,13H2,1-3H3,(H,14,16). The number of rotatable bonds is 4. The Kier molecular flexibility index (Phi) is 4.84. The number of likely N-dealkylation sites (tertiary alicyclic amines) is 1. The molecule has 1 fully saturated rings. The van der Waals surface area contributed by atoms with Gasteiger partial charge in [0.15, 0.2) is 0 Å². The van der Waals surface area contributed by atoms with Crippen LogP contribution >= 0.6 is 0 Å². The SMILES string of the molecule is CC(C)C(C)NC(=O)CN1C(=O)CCC(N)C1=O. The maximum Gasteiger partial charge on any atom is 0.246 e. The molecule has 6 nitrogen and oxygen atoms in total. The summed E-state index contributed by atoms with van der Waals surface area (Å²) in [7, 11) is 0. The molecule has 18 heavy (non-hydrogen) atoms. The van der Waals surface area contributed by atoms with Crippen molar-refractivity contribution in [1.82, 2.24) is 10.2 Å². The van der Waals surface area contributed by atoms with E-state index in [2.05, 4.69) is 5.32 Å². The Morgan fingerprint density at radius 1 is 1.44 bits per heavy atom. The fourth-order valence-corrected chi connectivity index (χ4v) is 1.64. The highest BCUT2D eigenvalue weighted by molar-refractivity contribution is 6.03. The lowest BCUT2D eigenvalue weighted by molar-refractivity contribution is -0.151. The normalized spacial score (nSPS) is 22.3. The number of imide groups is 1. The molecule has 1 saturated heterocycles. The zero-order valence-corrected chi connectivity index (χ0v) is 11.1. The lowest BCUT2D eigenvalue weighted by Gasteiger charge is -2.28. The van der Waals surface area contributed by atoms with E-state index in [9.17, 15) is 14.4 Å². The Morgan fingerprint density at radius 2 is 2.06 bits per heavy atom. The lowest BCUT2D eigenvalue weighted by Crippen LogP contribution is -2.54. The molecule has 102 valence electrons. The molecule has 0 radical (unpaired) electrons. The van der Waals surface area contributed by atoms with Crippen LogP contribution < -0.4 is 11.1 Å². The van der Waals surface area contributed by atoms with E-state index in [-0.39, 0.29) is 30.8 Å². The van der Waals surface area contributed by atoms with Gasteiger partial charge in [0.2, 0.25) is 17.7 Å². The number of carbonyl (C=O) groups excluding carboxylic acids is 3. The summed E-state index contributed by atoms with van der Waals surface area (Å²) in [5.74, 6) is -0.816. The second kappa shape index (κ2) is 5.95. The first-order valence-corrected chi connectivity index (χ1v) is 6.22. The second-order valence-electron chi connectivity index (χ2n) is 5.06. The zero-order valence-electron chi connectivity index (χ0n) is 11.1. The topological polar surface area (TPSA) is 92.5 Å². The van der Waals surface area contributed by atoms with Crippen molar-refractivity contribution in [3.63, 3.8) is 0 Å². The van der Waals surface area contributed by atoms with Crippen LogP contribution in [0.2, 0.25) is 0 Å². The van der Waals surface area contributed by atoms with Crippen molar-refractivity contribution in [2.75, 3.05) is 6.54 Å². The second-order valence-corrected chi connectivity index (χ2v) is 5.06. The van der Waals surface area contributed by atoms with Crippen LogP contribution in [-0.2, 0) is 14.4 Å². The van der Waals surface area contributed by atoms with Crippen molar-refractivity contribution >= 4 is 17.7 Å². The molecule has 6 heteroatoms. The maximum absolute atomic E-state index is 11.7. The molecular weight excluding hydrogens is 234 g/mol. The van der Waals surface area contributed by atoms with E-state index >= 15 is 0 Å². The number of nitrogens with one attached hydrogen (secondary N) is 1. The molecule has 1 rings (SSSR count). The molecule has 3 amide bonds. The fraction of sp³-hybridized carbons (Fsp3) is 0.750. The average Bonchev–Trinajstić information content (AvgIpc) is 2.29. The molecule has 0 aromatic carbocycles. The van der Waals surface area contributed by atoms with Gasteiger partial charge in [0.05, 0.1) is 6.04 Å². The van der Waals surface area contributed by atoms with Gasteiger partial charge in [0.25, 0.3) is 0 Å². The highest BCUT2D eigenvalue weighted by atomic mass is 16.2. The van der Waals surface area contributed by atoms with E-state index in [4.69, 9.17) is 5.73 Å². The summed E-state index contributed by atoms with van der Waals surface area (Å²) in [5, 5.41) is 2.76. The number of nitrogens with two attached hydrogens (primary N) is 1. The molecule has 0 aromatic rings. The Morgan fingerprint density at radius 3 is 2.61 bits per heavy atom. The molecule has 0 aromatic heterocycles. The van der Waals surface area contributed by atoms with Gasteiger partial charge in [-0.05, 0) is 19.3 Å². The number of amides is 3. The molecule has 0 aliphatic carbocycles. The van der Waals surface area contributed by atoms with Gasteiger partial charge in [-0.15, -0.1) is 0 Å². The van der Waals surface area contributed by atoms with E-state index in [1.165, 1.54) is 0 Å². The molecule has 0 bridgehead atoms.